The number of carbonyl (C=O) groups excluding carboxylic acids is 2. The molecule has 4 rings (SSSR count). The van der Waals surface area contributed by atoms with Gasteiger partial charge in [-0.3, -0.25) is 0 Å². The van der Waals surface area contributed by atoms with Gasteiger partial charge in [0.1, 0.15) is 33.9 Å². The first-order chi connectivity index (χ1) is 17.6. The Labute approximate surface area is 221 Å². The van der Waals surface area contributed by atoms with Gasteiger partial charge >= 0.3 is 12.2 Å². The molecule has 1 aromatic carbocycles. The molecular weight excluding hydrogens is 496 g/mol. The number of aryl methyl sites for hydroxylation is 1. The fourth-order valence-corrected chi connectivity index (χ4v) is 3.93. The number of hydrogen-bond acceptors (Lipinski definition) is 7. The minimum atomic E-state index is -0.838. The second-order valence-electron chi connectivity index (χ2n) is 10.7. The molecule has 0 bridgehead atoms. The Bertz CT molecular complexity index is 1370. The van der Waals surface area contributed by atoms with Gasteiger partial charge in [-0.1, -0.05) is 13.8 Å². The fraction of sp³-hybridized carbons (Fsp3) is 0.519. The van der Waals surface area contributed by atoms with Gasteiger partial charge in [0.2, 0.25) is 0 Å². The predicted molar refractivity (Wildman–Crippen MR) is 139 cm³/mol. The van der Waals surface area contributed by atoms with Crippen molar-refractivity contribution in [3.63, 3.8) is 0 Å². The molecule has 0 N–H and O–H groups in total. The maximum absolute atomic E-state index is 15.7. The Morgan fingerprint density at radius 2 is 1.61 bits per heavy atom. The van der Waals surface area contributed by atoms with E-state index in [1.54, 1.807) is 48.5 Å². The average molecular weight is 532 g/mol. The first kappa shape index (κ1) is 28.9. The number of carbonyl (C=O) groups is 2. The molecule has 2 aromatic heterocycles. The van der Waals surface area contributed by atoms with E-state index in [2.05, 4.69) is 15.1 Å². The molecule has 0 spiro atoms. The van der Waals surface area contributed by atoms with Crippen LogP contribution in [0.4, 0.5) is 18.4 Å². The number of rotatable bonds is 1. The summed E-state index contributed by atoms with van der Waals surface area (Å²) in [5, 5.41) is 4.18. The highest BCUT2D eigenvalue weighted by Crippen LogP contribution is 2.33. The van der Waals surface area contributed by atoms with Gasteiger partial charge in [-0.05, 0) is 66.5 Å². The Balaban J connectivity index is 0.00000195. The quantitative estimate of drug-likeness (QED) is 0.370. The SMILES string of the molecule is CC.Cc1nn(C(=O)OC(C)(C)C)c2cnc(-c3c(F)cc4c(c3F)CN(C(=O)OC(C)(C)C)CC4)nc12. The van der Waals surface area contributed by atoms with Crippen LogP contribution in [0.2, 0.25) is 0 Å². The van der Waals surface area contributed by atoms with Crippen molar-refractivity contribution in [3.8, 4) is 11.4 Å². The van der Waals surface area contributed by atoms with Crippen LogP contribution in [0.15, 0.2) is 12.3 Å². The van der Waals surface area contributed by atoms with Crippen molar-refractivity contribution < 1.29 is 27.8 Å². The molecule has 0 unspecified atom stereocenters. The Kier molecular flexibility index (Phi) is 8.09. The first-order valence-corrected chi connectivity index (χ1v) is 12.6. The lowest BCUT2D eigenvalue weighted by molar-refractivity contribution is 0.0221. The topological polar surface area (TPSA) is 99.4 Å². The molecular formula is C27H35F2N5O4. The number of ether oxygens (including phenoxy) is 2. The van der Waals surface area contributed by atoms with Crippen molar-refractivity contribution in [2.24, 2.45) is 0 Å². The van der Waals surface area contributed by atoms with Crippen LogP contribution >= 0.6 is 0 Å². The molecule has 0 radical (unpaired) electrons. The Hall–Kier alpha value is -3.63. The van der Waals surface area contributed by atoms with Gasteiger partial charge in [0, 0.05) is 12.1 Å². The van der Waals surface area contributed by atoms with Gasteiger partial charge in [-0.15, -0.1) is 0 Å². The van der Waals surface area contributed by atoms with Crippen LogP contribution in [0.1, 0.15) is 72.2 Å². The van der Waals surface area contributed by atoms with E-state index < -0.39 is 40.6 Å². The standard InChI is InChI=1S/C25H29F2N5O4.C2H6/c1-13-20-17(32(30-13)23(34)36-25(5,6)7)11-28-21(29-20)18-16(26)10-14-8-9-31(12-15(14)19(18)27)22(33)35-24(2,3)4;1-2/h10-11H,8-9,12H2,1-7H3;1-2H3. The summed E-state index contributed by atoms with van der Waals surface area (Å²) in [7, 11) is 0. The number of aromatic nitrogens is 4. The van der Waals surface area contributed by atoms with E-state index >= 15 is 8.78 Å². The van der Waals surface area contributed by atoms with Gasteiger partial charge in [0.25, 0.3) is 0 Å². The molecule has 9 nitrogen and oxygen atoms in total. The second kappa shape index (κ2) is 10.6. The minimum absolute atomic E-state index is 0.0682. The number of hydrogen-bond donors (Lipinski definition) is 0. The predicted octanol–water partition coefficient (Wildman–Crippen LogP) is 6.18. The normalized spacial score (nSPS) is 13.5. The summed E-state index contributed by atoms with van der Waals surface area (Å²) in [6.07, 6.45) is 0.281. The molecule has 0 aliphatic carbocycles. The third kappa shape index (κ3) is 6.08. The number of amides is 1. The van der Waals surface area contributed by atoms with E-state index in [0.717, 1.165) is 4.68 Å². The van der Waals surface area contributed by atoms with Gasteiger partial charge in [-0.25, -0.2) is 28.3 Å². The summed E-state index contributed by atoms with van der Waals surface area (Å²) in [4.78, 5) is 34.9. The average Bonchev–Trinajstić information content (AvgIpc) is 3.14. The zero-order chi connectivity index (χ0) is 28.6. The van der Waals surface area contributed by atoms with Crippen LogP contribution in [0, 0.1) is 18.6 Å². The van der Waals surface area contributed by atoms with Crippen molar-refractivity contribution in [2.45, 2.75) is 86.5 Å². The monoisotopic (exact) mass is 531 g/mol. The fourth-order valence-electron chi connectivity index (χ4n) is 3.93. The van der Waals surface area contributed by atoms with Crippen molar-refractivity contribution in [1.82, 2.24) is 24.6 Å². The Morgan fingerprint density at radius 3 is 2.21 bits per heavy atom. The van der Waals surface area contributed by atoms with E-state index in [0.29, 0.717) is 11.3 Å². The van der Waals surface area contributed by atoms with E-state index in [1.165, 1.54) is 17.2 Å². The molecule has 3 heterocycles. The summed E-state index contributed by atoms with van der Waals surface area (Å²) in [5.74, 6) is -1.84. The molecule has 0 saturated carbocycles. The number of benzene rings is 1. The van der Waals surface area contributed by atoms with Gasteiger partial charge in [-0.2, -0.15) is 9.78 Å². The lowest BCUT2D eigenvalue weighted by Gasteiger charge is -2.31. The van der Waals surface area contributed by atoms with Crippen molar-refractivity contribution in [2.75, 3.05) is 6.54 Å². The van der Waals surface area contributed by atoms with Crippen LogP contribution < -0.4 is 0 Å². The van der Waals surface area contributed by atoms with Crippen molar-refractivity contribution in [1.29, 1.82) is 0 Å². The highest BCUT2D eigenvalue weighted by atomic mass is 19.1. The maximum Gasteiger partial charge on any atom is 0.435 e. The third-order valence-corrected chi connectivity index (χ3v) is 5.44. The maximum atomic E-state index is 15.7. The molecule has 0 saturated heterocycles. The van der Waals surface area contributed by atoms with Gasteiger partial charge in [0.15, 0.2) is 5.82 Å². The lowest BCUT2D eigenvalue weighted by atomic mass is 9.95. The molecule has 38 heavy (non-hydrogen) atoms. The van der Waals surface area contributed by atoms with Crippen LogP contribution in [0.3, 0.4) is 0 Å². The second-order valence-corrected chi connectivity index (χ2v) is 10.7. The molecule has 1 aliphatic heterocycles. The molecule has 0 atom stereocenters. The molecule has 1 amide bonds. The highest BCUT2D eigenvalue weighted by molar-refractivity contribution is 5.87. The summed E-state index contributed by atoms with van der Waals surface area (Å²) in [6.45, 7) is 16.3. The van der Waals surface area contributed by atoms with Gasteiger partial charge < -0.3 is 14.4 Å². The molecule has 11 heteroatoms. The largest absolute Gasteiger partial charge is 0.444 e. The number of nitrogens with zero attached hydrogens (tertiary/aromatic N) is 5. The van der Waals surface area contributed by atoms with Crippen LogP contribution in [-0.4, -0.2) is 54.6 Å². The van der Waals surface area contributed by atoms with Crippen molar-refractivity contribution in [3.05, 3.63) is 40.7 Å². The lowest BCUT2D eigenvalue weighted by Crippen LogP contribution is -2.40. The molecule has 0 fully saturated rings. The number of fused-ring (bicyclic) bond motifs is 2. The van der Waals surface area contributed by atoms with Crippen LogP contribution in [0.25, 0.3) is 22.4 Å². The summed E-state index contributed by atoms with van der Waals surface area (Å²) in [5.41, 5.74) is -0.308. The van der Waals surface area contributed by atoms with Crippen LogP contribution in [0.5, 0.6) is 0 Å². The van der Waals surface area contributed by atoms with E-state index in [1.807, 2.05) is 13.8 Å². The van der Waals surface area contributed by atoms with E-state index in [-0.39, 0.29) is 41.9 Å². The molecule has 206 valence electrons. The number of halogens is 2. The summed E-state index contributed by atoms with van der Waals surface area (Å²) < 4.78 is 42.6. The van der Waals surface area contributed by atoms with Gasteiger partial charge in [0.05, 0.1) is 24.0 Å². The molecule has 1 aliphatic rings. The minimum Gasteiger partial charge on any atom is -0.444 e. The molecule has 3 aromatic rings. The van der Waals surface area contributed by atoms with Crippen molar-refractivity contribution >= 4 is 23.2 Å². The van der Waals surface area contributed by atoms with E-state index in [4.69, 9.17) is 9.47 Å². The highest BCUT2D eigenvalue weighted by Gasteiger charge is 2.31. The zero-order valence-electron chi connectivity index (χ0n) is 23.4. The third-order valence-electron chi connectivity index (χ3n) is 5.44. The Morgan fingerprint density at radius 1 is 1.00 bits per heavy atom. The first-order valence-electron chi connectivity index (χ1n) is 12.6. The summed E-state index contributed by atoms with van der Waals surface area (Å²) >= 11 is 0. The summed E-state index contributed by atoms with van der Waals surface area (Å²) in [6, 6.07) is 1.25. The smallest absolute Gasteiger partial charge is 0.435 e. The zero-order valence-corrected chi connectivity index (χ0v) is 23.4. The van der Waals surface area contributed by atoms with Crippen LogP contribution in [-0.2, 0) is 22.4 Å². The van der Waals surface area contributed by atoms with E-state index in [9.17, 15) is 9.59 Å².